The third-order valence-electron chi connectivity index (χ3n) is 2.72. The molecule has 0 saturated heterocycles. The van der Waals surface area contributed by atoms with Gasteiger partial charge < -0.3 is 23.6 Å². The van der Waals surface area contributed by atoms with Crippen LogP contribution in [0, 0.1) is 0 Å². The fourth-order valence-corrected chi connectivity index (χ4v) is 3.91. The first-order valence-corrected chi connectivity index (χ1v) is 8.71. The maximum absolute atomic E-state index is 12.9. The van der Waals surface area contributed by atoms with Gasteiger partial charge in [-0.1, -0.05) is 6.07 Å². The summed E-state index contributed by atoms with van der Waals surface area (Å²) < 4.78 is 34.1. The monoisotopic (exact) mass is 332 g/mol. The Labute approximate surface area is 131 Å². The Kier molecular flexibility index (Phi) is 6.88. The van der Waals surface area contributed by atoms with Gasteiger partial charge in [0, 0.05) is 0 Å². The molecule has 6 nitrogen and oxygen atoms in total. The highest BCUT2D eigenvalue weighted by Gasteiger charge is 2.38. The van der Waals surface area contributed by atoms with Crippen LogP contribution in [0.25, 0.3) is 0 Å². The average molecular weight is 332 g/mol. The van der Waals surface area contributed by atoms with Crippen molar-refractivity contribution in [2.45, 2.75) is 45.7 Å². The van der Waals surface area contributed by atoms with Crippen molar-refractivity contribution in [3.8, 4) is 11.5 Å². The largest absolute Gasteiger partial charge is 0.493 e. The van der Waals surface area contributed by atoms with E-state index in [1.165, 1.54) is 14.2 Å². The molecular weight excluding hydrogens is 307 g/mol. The molecule has 0 aliphatic heterocycles. The van der Waals surface area contributed by atoms with Crippen LogP contribution in [0.4, 0.5) is 0 Å². The first kappa shape index (κ1) is 19.0. The van der Waals surface area contributed by atoms with E-state index in [9.17, 15) is 9.67 Å². The molecule has 0 radical (unpaired) electrons. The van der Waals surface area contributed by atoms with Gasteiger partial charge in [0.15, 0.2) is 17.3 Å². The molecule has 0 aromatic heterocycles. The van der Waals surface area contributed by atoms with Crippen molar-refractivity contribution in [3.05, 3.63) is 23.8 Å². The molecule has 1 atom stereocenters. The predicted octanol–water partition coefficient (Wildman–Crippen LogP) is 3.74. The number of hydrogen-bond donors (Lipinski definition) is 1. The van der Waals surface area contributed by atoms with E-state index >= 15 is 0 Å². The molecular formula is C15H25O6P. The number of rotatable bonds is 8. The third-order valence-corrected chi connectivity index (χ3v) is 5.05. The van der Waals surface area contributed by atoms with Crippen LogP contribution in [0.2, 0.25) is 0 Å². The summed E-state index contributed by atoms with van der Waals surface area (Å²) >= 11 is 0. The van der Waals surface area contributed by atoms with E-state index in [1.54, 1.807) is 45.9 Å². The molecule has 0 spiro atoms. The zero-order chi connectivity index (χ0) is 16.9. The topological polar surface area (TPSA) is 74.2 Å². The molecule has 22 heavy (non-hydrogen) atoms. The van der Waals surface area contributed by atoms with Crippen molar-refractivity contribution in [1.29, 1.82) is 0 Å². The van der Waals surface area contributed by atoms with Gasteiger partial charge in [-0.3, -0.25) is 4.57 Å². The van der Waals surface area contributed by atoms with E-state index in [-0.39, 0.29) is 12.2 Å². The number of aliphatic hydroxyl groups excluding tert-OH is 1. The molecule has 0 amide bonds. The molecule has 1 aromatic carbocycles. The van der Waals surface area contributed by atoms with E-state index in [4.69, 9.17) is 18.5 Å². The van der Waals surface area contributed by atoms with Crippen LogP contribution >= 0.6 is 7.60 Å². The minimum absolute atomic E-state index is 0.348. The lowest BCUT2D eigenvalue weighted by Gasteiger charge is -2.27. The summed E-state index contributed by atoms with van der Waals surface area (Å²) in [4.78, 5) is 0. The fraction of sp³-hybridized carbons (Fsp3) is 0.600. The summed E-state index contributed by atoms with van der Waals surface area (Å²) in [6, 6.07) is 4.79. The van der Waals surface area contributed by atoms with Crippen molar-refractivity contribution in [3.63, 3.8) is 0 Å². The van der Waals surface area contributed by atoms with Gasteiger partial charge in [-0.05, 0) is 45.4 Å². The Hall–Kier alpha value is -1.07. The Balaban J connectivity index is 3.18. The zero-order valence-corrected chi connectivity index (χ0v) is 14.8. The van der Waals surface area contributed by atoms with Gasteiger partial charge >= 0.3 is 7.60 Å². The van der Waals surface area contributed by atoms with Crippen LogP contribution in [-0.4, -0.2) is 31.5 Å². The highest BCUT2D eigenvalue weighted by molar-refractivity contribution is 7.54. The van der Waals surface area contributed by atoms with Gasteiger partial charge in [0.2, 0.25) is 0 Å². The maximum Gasteiger partial charge on any atom is 0.363 e. The number of benzene rings is 1. The molecule has 0 fully saturated rings. The minimum Gasteiger partial charge on any atom is -0.493 e. The van der Waals surface area contributed by atoms with Crippen molar-refractivity contribution < 1.29 is 28.2 Å². The molecule has 1 aromatic rings. The Bertz CT molecular complexity index is 515. The molecule has 126 valence electrons. The van der Waals surface area contributed by atoms with Crippen molar-refractivity contribution in [1.82, 2.24) is 0 Å². The third kappa shape index (κ3) is 4.71. The highest BCUT2D eigenvalue weighted by atomic mass is 31.2. The first-order chi connectivity index (χ1) is 10.2. The molecule has 7 heteroatoms. The minimum atomic E-state index is -3.74. The quantitative estimate of drug-likeness (QED) is 0.731. The van der Waals surface area contributed by atoms with E-state index in [0.29, 0.717) is 17.1 Å². The lowest BCUT2D eigenvalue weighted by atomic mass is 10.2. The van der Waals surface area contributed by atoms with Crippen LogP contribution in [0.1, 0.15) is 39.1 Å². The van der Waals surface area contributed by atoms with Crippen molar-refractivity contribution in [2.75, 3.05) is 14.2 Å². The van der Waals surface area contributed by atoms with Gasteiger partial charge in [-0.2, -0.15) is 0 Å². The SMILES string of the molecule is COc1ccc([C@H](O)P(=O)(OC(C)C)OC(C)C)cc1OC. The van der Waals surface area contributed by atoms with Crippen LogP contribution in [0.15, 0.2) is 18.2 Å². The molecule has 0 heterocycles. The molecule has 0 aliphatic carbocycles. The van der Waals surface area contributed by atoms with Crippen molar-refractivity contribution in [2.24, 2.45) is 0 Å². The second kappa shape index (κ2) is 7.97. The number of aliphatic hydroxyl groups is 1. The molecule has 1 rings (SSSR count). The number of ether oxygens (including phenoxy) is 2. The van der Waals surface area contributed by atoms with Crippen molar-refractivity contribution >= 4 is 7.60 Å². The second-order valence-electron chi connectivity index (χ2n) is 5.34. The molecule has 1 N–H and O–H groups in total. The molecule has 0 unspecified atom stereocenters. The summed E-state index contributed by atoms with van der Waals surface area (Å²) in [5.74, 6) is -0.459. The maximum atomic E-state index is 12.9. The zero-order valence-electron chi connectivity index (χ0n) is 13.9. The standard InChI is InChI=1S/C15H25O6P/c1-10(2)20-22(17,21-11(3)4)15(16)12-7-8-13(18-5)14(9-12)19-6/h7-11,15-16H,1-6H3/t15-/m1/s1. The Morgan fingerprint density at radius 2 is 1.45 bits per heavy atom. The number of hydrogen-bond acceptors (Lipinski definition) is 6. The summed E-state index contributed by atoms with van der Waals surface area (Å²) in [7, 11) is -0.734. The van der Waals surface area contributed by atoms with Gasteiger partial charge in [0.1, 0.15) is 0 Å². The van der Waals surface area contributed by atoms with Gasteiger partial charge in [0.05, 0.1) is 26.4 Å². The summed E-state index contributed by atoms with van der Waals surface area (Å²) in [5, 5.41) is 10.5. The van der Waals surface area contributed by atoms with Gasteiger partial charge in [-0.25, -0.2) is 0 Å². The summed E-state index contributed by atoms with van der Waals surface area (Å²) in [6.07, 6.45) is -0.696. The highest BCUT2D eigenvalue weighted by Crippen LogP contribution is 2.61. The summed E-state index contributed by atoms with van der Waals surface area (Å²) in [6.45, 7) is 6.94. The predicted molar refractivity (Wildman–Crippen MR) is 84.6 cm³/mol. The fourth-order valence-electron chi connectivity index (χ4n) is 1.92. The van der Waals surface area contributed by atoms with E-state index in [2.05, 4.69) is 0 Å². The number of methoxy groups -OCH3 is 2. The van der Waals surface area contributed by atoms with Crippen LogP contribution < -0.4 is 9.47 Å². The summed E-state index contributed by atoms with van der Waals surface area (Å²) in [5.41, 5.74) is 0.377. The Morgan fingerprint density at radius 1 is 0.955 bits per heavy atom. The van der Waals surface area contributed by atoms with Gasteiger partial charge in [-0.15, -0.1) is 0 Å². The van der Waals surface area contributed by atoms with Crippen LogP contribution in [-0.2, 0) is 13.6 Å². The molecule has 0 bridgehead atoms. The van der Waals surface area contributed by atoms with E-state index < -0.39 is 13.4 Å². The smallest absolute Gasteiger partial charge is 0.363 e. The lowest BCUT2D eigenvalue weighted by molar-refractivity contribution is 0.101. The average Bonchev–Trinajstić information content (AvgIpc) is 2.43. The molecule has 0 aliphatic rings. The van der Waals surface area contributed by atoms with Gasteiger partial charge in [0.25, 0.3) is 0 Å². The van der Waals surface area contributed by atoms with E-state index in [1.807, 2.05) is 0 Å². The molecule has 0 saturated carbocycles. The second-order valence-corrected chi connectivity index (χ2v) is 7.33. The Morgan fingerprint density at radius 3 is 1.86 bits per heavy atom. The lowest BCUT2D eigenvalue weighted by Crippen LogP contribution is -2.13. The first-order valence-electron chi connectivity index (χ1n) is 7.10. The normalized spacial score (nSPS) is 13.5. The van der Waals surface area contributed by atoms with Crippen LogP contribution in [0.5, 0.6) is 11.5 Å². The van der Waals surface area contributed by atoms with Crippen LogP contribution in [0.3, 0.4) is 0 Å². The van der Waals surface area contributed by atoms with E-state index in [0.717, 1.165) is 0 Å².